The average Bonchev–Trinajstić information content (AvgIpc) is 2.72. The van der Waals surface area contributed by atoms with Crippen LogP contribution in [0.3, 0.4) is 0 Å². The number of carbonyl (C=O) groups is 1. The Kier molecular flexibility index (Phi) is 9.03. The molecule has 0 saturated heterocycles. The average molecular weight is 424 g/mol. The minimum atomic E-state index is 0.451. The number of pyridine rings is 1. The SMILES string of the molecule is Cc1cc(C)cc(-c2ncccc2C(C)C)c1.NCc1ccc(Cl)cc1CNC=O. The summed E-state index contributed by atoms with van der Waals surface area (Å²) in [6.07, 6.45) is 2.53. The monoisotopic (exact) mass is 423 g/mol. The van der Waals surface area contributed by atoms with Gasteiger partial charge in [0.25, 0.3) is 0 Å². The maximum atomic E-state index is 10.1. The highest BCUT2D eigenvalue weighted by molar-refractivity contribution is 6.30. The van der Waals surface area contributed by atoms with Gasteiger partial charge >= 0.3 is 0 Å². The molecule has 3 N–H and O–H groups in total. The van der Waals surface area contributed by atoms with Crippen LogP contribution >= 0.6 is 11.6 Å². The van der Waals surface area contributed by atoms with Gasteiger partial charge in [0.1, 0.15) is 0 Å². The maximum Gasteiger partial charge on any atom is 0.207 e. The first-order valence-corrected chi connectivity index (χ1v) is 10.4. The van der Waals surface area contributed by atoms with Gasteiger partial charge in [-0.05, 0) is 66.8 Å². The highest BCUT2D eigenvalue weighted by atomic mass is 35.5. The van der Waals surface area contributed by atoms with Crippen LogP contribution in [0, 0.1) is 13.8 Å². The Balaban J connectivity index is 0.000000222. The van der Waals surface area contributed by atoms with E-state index in [0.29, 0.717) is 30.4 Å². The second kappa shape index (κ2) is 11.5. The Morgan fingerprint density at radius 2 is 1.77 bits per heavy atom. The van der Waals surface area contributed by atoms with Gasteiger partial charge in [-0.25, -0.2) is 0 Å². The topological polar surface area (TPSA) is 68.0 Å². The van der Waals surface area contributed by atoms with Crippen molar-refractivity contribution in [3.05, 3.63) is 87.6 Å². The van der Waals surface area contributed by atoms with Crippen LogP contribution in [0.1, 0.15) is 47.6 Å². The van der Waals surface area contributed by atoms with Crippen molar-refractivity contribution < 1.29 is 4.79 Å². The molecule has 3 rings (SSSR count). The zero-order chi connectivity index (χ0) is 22.1. The number of rotatable bonds is 6. The lowest BCUT2D eigenvalue weighted by Gasteiger charge is -2.12. The molecule has 0 aliphatic heterocycles. The lowest BCUT2D eigenvalue weighted by molar-refractivity contribution is -0.109. The van der Waals surface area contributed by atoms with Crippen LogP contribution < -0.4 is 11.1 Å². The molecular formula is C25H30ClN3O. The molecule has 30 heavy (non-hydrogen) atoms. The minimum Gasteiger partial charge on any atom is -0.355 e. The quantitative estimate of drug-likeness (QED) is 0.512. The predicted octanol–water partition coefficient (Wildman–Crippen LogP) is 5.53. The van der Waals surface area contributed by atoms with Crippen molar-refractivity contribution in [3.8, 4) is 11.3 Å². The summed E-state index contributed by atoms with van der Waals surface area (Å²) in [6, 6.07) is 16.3. The number of aryl methyl sites for hydroxylation is 2. The van der Waals surface area contributed by atoms with Crippen molar-refractivity contribution in [2.75, 3.05) is 0 Å². The van der Waals surface area contributed by atoms with Crippen molar-refractivity contribution in [2.24, 2.45) is 5.73 Å². The summed E-state index contributed by atoms with van der Waals surface area (Å²) >= 11 is 5.80. The minimum absolute atomic E-state index is 0.451. The van der Waals surface area contributed by atoms with Crippen LogP contribution in [0.15, 0.2) is 54.7 Å². The van der Waals surface area contributed by atoms with Gasteiger partial charge in [0.15, 0.2) is 0 Å². The van der Waals surface area contributed by atoms with Gasteiger partial charge in [0.05, 0.1) is 5.69 Å². The number of hydrogen-bond donors (Lipinski definition) is 2. The fourth-order valence-corrected chi connectivity index (χ4v) is 3.54. The van der Waals surface area contributed by atoms with Crippen molar-refractivity contribution in [3.63, 3.8) is 0 Å². The first kappa shape index (κ1) is 23.6. The molecule has 0 fully saturated rings. The highest BCUT2D eigenvalue weighted by Crippen LogP contribution is 2.28. The van der Waals surface area contributed by atoms with Gasteiger partial charge in [-0.1, -0.05) is 54.8 Å². The second-order valence-corrected chi connectivity index (χ2v) is 8.02. The normalized spacial score (nSPS) is 10.4. The van der Waals surface area contributed by atoms with Crippen LogP contribution in [0.2, 0.25) is 5.02 Å². The summed E-state index contributed by atoms with van der Waals surface area (Å²) in [4.78, 5) is 14.6. The third-order valence-corrected chi connectivity index (χ3v) is 4.96. The first-order chi connectivity index (χ1) is 14.3. The second-order valence-electron chi connectivity index (χ2n) is 7.59. The molecular weight excluding hydrogens is 394 g/mol. The third-order valence-electron chi connectivity index (χ3n) is 4.72. The number of aromatic nitrogens is 1. The summed E-state index contributed by atoms with van der Waals surface area (Å²) in [6.45, 7) is 9.61. The Bertz CT molecular complexity index is 966. The lowest BCUT2D eigenvalue weighted by Crippen LogP contribution is -2.12. The number of amides is 1. The molecule has 3 aromatic rings. The van der Waals surface area contributed by atoms with Crippen LogP contribution in [0.25, 0.3) is 11.3 Å². The van der Waals surface area contributed by atoms with E-state index in [2.05, 4.69) is 62.3 Å². The number of nitrogens with two attached hydrogens (primary N) is 1. The molecule has 2 aromatic carbocycles. The highest BCUT2D eigenvalue weighted by Gasteiger charge is 2.09. The van der Waals surface area contributed by atoms with Crippen molar-refractivity contribution >= 4 is 18.0 Å². The maximum absolute atomic E-state index is 10.1. The zero-order valence-electron chi connectivity index (χ0n) is 18.1. The van der Waals surface area contributed by atoms with Crippen molar-refractivity contribution in [1.82, 2.24) is 10.3 Å². The fourth-order valence-electron chi connectivity index (χ4n) is 3.35. The number of benzene rings is 2. The molecule has 0 saturated carbocycles. The van der Waals surface area contributed by atoms with E-state index in [4.69, 9.17) is 17.3 Å². The molecule has 0 bridgehead atoms. The Hall–Kier alpha value is -2.69. The summed E-state index contributed by atoms with van der Waals surface area (Å²) in [5.74, 6) is 0.500. The molecule has 1 amide bonds. The van der Waals surface area contributed by atoms with Crippen LogP contribution in [0.5, 0.6) is 0 Å². The van der Waals surface area contributed by atoms with E-state index in [0.717, 1.165) is 16.8 Å². The van der Waals surface area contributed by atoms with Crippen LogP contribution in [0.4, 0.5) is 0 Å². The van der Waals surface area contributed by atoms with E-state index in [1.807, 2.05) is 18.3 Å². The van der Waals surface area contributed by atoms with Gasteiger partial charge in [-0.3, -0.25) is 9.78 Å². The Morgan fingerprint density at radius 3 is 2.37 bits per heavy atom. The predicted molar refractivity (Wildman–Crippen MR) is 125 cm³/mol. The van der Waals surface area contributed by atoms with E-state index >= 15 is 0 Å². The molecule has 0 spiro atoms. The smallest absolute Gasteiger partial charge is 0.207 e. The fraction of sp³-hybridized carbons (Fsp3) is 0.280. The summed E-state index contributed by atoms with van der Waals surface area (Å²) < 4.78 is 0. The summed E-state index contributed by atoms with van der Waals surface area (Å²) in [5, 5.41) is 3.22. The van der Waals surface area contributed by atoms with E-state index < -0.39 is 0 Å². The largest absolute Gasteiger partial charge is 0.355 e. The number of hydrogen-bond acceptors (Lipinski definition) is 3. The molecule has 1 heterocycles. The lowest BCUT2D eigenvalue weighted by atomic mass is 9.95. The van der Waals surface area contributed by atoms with Crippen LogP contribution in [-0.2, 0) is 17.9 Å². The Labute approximate surface area is 184 Å². The molecule has 0 unspecified atom stereocenters. The van der Waals surface area contributed by atoms with Gasteiger partial charge in [-0.2, -0.15) is 0 Å². The van der Waals surface area contributed by atoms with E-state index in [1.165, 1.54) is 22.3 Å². The summed E-state index contributed by atoms with van der Waals surface area (Å²) in [7, 11) is 0. The molecule has 1 aromatic heterocycles. The molecule has 0 aliphatic carbocycles. The van der Waals surface area contributed by atoms with Crippen molar-refractivity contribution in [2.45, 2.75) is 46.7 Å². The Morgan fingerprint density at radius 1 is 1.07 bits per heavy atom. The zero-order valence-corrected chi connectivity index (χ0v) is 18.8. The molecule has 0 aliphatic rings. The van der Waals surface area contributed by atoms with E-state index in [9.17, 15) is 4.79 Å². The molecule has 5 heteroatoms. The number of nitrogens with one attached hydrogen (secondary N) is 1. The standard InChI is InChI=1S/C16H19N.C9H11ClN2O/c1-11(2)15-6-5-7-17-16(15)14-9-12(3)8-13(4)10-14;10-9-2-1-7(4-11)8(3-9)5-12-6-13/h5-11H,1-4H3;1-3,6H,4-5,11H2,(H,12,13). The van der Waals surface area contributed by atoms with Crippen LogP contribution in [-0.4, -0.2) is 11.4 Å². The summed E-state index contributed by atoms with van der Waals surface area (Å²) in [5.41, 5.74) is 13.7. The molecule has 0 radical (unpaired) electrons. The first-order valence-electron chi connectivity index (χ1n) is 10.0. The number of nitrogens with zero attached hydrogens (tertiary/aromatic N) is 1. The van der Waals surface area contributed by atoms with Gasteiger partial charge in [0, 0.05) is 29.9 Å². The van der Waals surface area contributed by atoms with E-state index in [1.54, 1.807) is 12.1 Å². The van der Waals surface area contributed by atoms with Gasteiger partial charge in [0.2, 0.25) is 6.41 Å². The van der Waals surface area contributed by atoms with Crippen molar-refractivity contribution in [1.29, 1.82) is 0 Å². The molecule has 158 valence electrons. The number of carbonyl (C=O) groups excluding carboxylic acids is 1. The van der Waals surface area contributed by atoms with Gasteiger partial charge < -0.3 is 11.1 Å². The van der Waals surface area contributed by atoms with Gasteiger partial charge in [-0.15, -0.1) is 0 Å². The van der Waals surface area contributed by atoms with E-state index in [-0.39, 0.29) is 0 Å². The molecule has 4 nitrogen and oxygen atoms in total. The number of halogens is 1. The third kappa shape index (κ3) is 6.68. The molecule has 0 atom stereocenters.